The summed E-state index contributed by atoms with van der Waals surface area (Å²) in [5, 5.41) is 0. The van der Waals surface area contributed by atoms with E-state index >= 15 is 0 Å². The molecule has 0 saturated carbocycles. The van der Waals surface area contributed by atoms with Crippen LogP contribution in [0.2, 0.25) is 0 Å². The van der Waals surface area contributed by atoms with Gasteiger partial charge in [0.1, 0.15) is 5.60 Å². The third-order valence-electron chi connectivity index (χ3n) is 2.77. The Morgan fingerprint density at radius 1 is 1.20 bits per heavy atom. The highest BCUT2D eigenvalue weighted by Gasteiger charge is 2.29. The fourth-order valence-corrected chi connectivity index (χ4v) is 1.94. The summed E-state index contributed by atoms with van der Waals surface area (Å²) < 4.78 is 11.5. The van der Waals surface area contributed by atoms with Crippen LogP contribution in [0.25, 0.3) is 0 Å². The van der Waals surface area contributed by atoms with E-state index in [2.05, 4.69) is 0 Å². The smallest absolute Gasteiger partial charge is 0.357 e. The van der Waals surface area contributed by atoms with E-state index in [0.29, 0.717) is 16.8 Å². The van der Waals surface area contributed by atoms with Crippen LogP contribution in [0.4, 0.5) is 0 Å². The number of ether oxygens (including phenoxy) is 2. The molecule has 0 fully saturated rings. The lowest BCUT2D eigenvalue weighted by Crippen LogP contribution is -2.24. The summed E-state index contributed by atoms with van der Waals surface area (Å²) >= 11 is 0. The van der Waals surface area contributed by atoms with Gasteiger partial charge < -0.3 is 15.3 Å². The van der Waals surface area contributed by atoms with Gasteiger partial charge in [-0.2, -0.15) is 0 Å². The van der Waals surface area contributed by atoms with Gasteiger partial charge in [0.05, 0.1) is 17.9 Å². The Bertz CT molecular complexity index is 538. The first-order valence-corrected chi connectivity index (χ1v) is 6.47. The molecular formula is C14H22N2O4. The third kappa shape index (κ3) is 3.12. The van der Waals surface area contributed by atoms with Gasteiger partial charge in [0.15, 0.2) is 5.69 Å². The second-order valence-electron chi connectivity index (χ2n) is 5.53. The summed E-state index contributed by atoms with van der Waals surface area (Å²) in [4.78, 5) is 24.1. The molecule has 1 aromatic heterocycles. The number of carbonyl (C=O) groups is 2. The summed E-state index contributed by atoms with van der Waals surface area (Å²) in [5.41, 5.74) is 0.810. The van der Waals surface area contributed by atoms with E-state index in [1.807, 2.05) is 0 Å². The number of carbonyl (C=O) groups excluding carboxylic acids is 2. The molecule has 1 heterocycles. The lowest BCUT2D eigenvalue weighted by Gasteiger charge is -2.19. The molecule has 0 spiro atoms. The summed E-state index contributed by atoms with van der Waals surface area (Å²) in [7, 11) is 0. The van der Waals surface area contributed by atoms with Crippen LogP contribution in [0.3, 0.4) is 0 Å². The Morgan fingerprint density at radius 3 is 2.20 bits per heavy atom. The number of nitrogen functional groups attached to an aromatic ring is 1. The molecule has 1 rings (SSSR count). The number of nitrogens with zero attached hydrogens (tertiary/aromatic N) is 1. The molecule has 0 aliphatic carbocycles. The van der Waals surface area contributed by atoms with Crippen molar-refractivity contribution < 1.29 is 19.1 Å². The monoisotopic (exact) mass is 282 g/mol. The molecule has 112 valence electrons. The number of aromatic nitrogens is 1. The lowest BCUT2D eigenvalue weighted by molar-refractivity contribution is 0.00680. The topological polar surface area (TPSA) is 83.6 Å². The van der Waals surface area contributed by atoms with Crippen LogP contribution < -0.4 is 5.84 Å². The molecule has 0 aliphatic heterocycles. The van der Waals surface area contributed by atoms with Crippen molar-refractivity contribution in [2.45, 2.75) is 47.1 Å². The highest BCUT2D eigenvalue weighted by Crippen LogP contribution is 2.23. The van der Waals surface area contributed by atoms with Gasteiger partial charge in [-0.05, 0) is 47.1 Å². The zero-order chi connectivity index (χ0) is 15.7. The van der Waals surface area contributed by atoms with Gasteiger partial charge >= 0.3 is 11.9 Å². The molecule has 0 aliphatic rings. The van der Waals surface area contributed by atoms with E-state index in [9.17, 15) is 9.59 Å². The predicted octanol–water partition coefficient (Wildman–Crippen LogP) is 1.95. The van der Waals surface area contributed by atoms with Crippen molar-refractivity contribution in [3.8, 4) is 0 Å². The molecule has 0 radical (unpaired) electrons. The van der Waals surface area contributed by atoms with E-state index in [-0.39, 0.29) is 12.3 Å². The van der Waals surface area contributed by atoms with Gasteiger partial charge in [0, 0.05) is 0 Å². The van der Waals surface area contributed by atoms with Gasteiger partial charge in [-0.25, -0.2) is 9.59 Å². The molecular weight excluding hydrogens is 260 g/mol. The Hall–Kier alpha value is -1.98. The summed E-state index contributed by atoms with van der Waals surface area (Å²) in [6.07, 6.45) is 0. The van der Waals surface area contributed by atoms with E-state index in [1.165, 1.54) is 4.68 Å². The zero-order valence-corrected chi connectivity index (χ0v) is 12.9. The minimum atomic E-state index is -0.614. The number of hydrogen-bond donors (Lipinski definition) is 1. The first-order valence-electron chi connectivity index (χ1n) is 6.47. The van der Waals surface area contributed by atoms with Gasteiger partial charge in [0.25, 0.3) is 0 Å². The van der Waals surface area contributed by atoms with Crippen LogP contribution in [-0.4, -0.2) is 28.8 Å². The second kappa shape index (κ2) is 5.56. The van der Waals surface area contributed by atoms with Crippen LogP contribution in [-0.2, 0) is 9.47 Å². The number of nitrogens with two attached hydrogens (primary N) is 1. The number of hydrogen-bond acceptors (Lipinski definition) is 5. The largest absolute Gasteiger partial charge is 0.461 e. The van der Waals surface area contributed by atoms with E-state index in [0.717, 1.165) is 0 Å². The molecule has 0 amide bonds. The molecule has 6 nitrogen and oxygen atoms in total. The average Bonchev–Trinajstić information content (AvgIpc) is 2.48. The van der Waals surface area contributed by atoms with Crippen LogP contribution in [0.15, 0.2) is 0 Å². The van der Waals surface area contributed by atoms with Crippen LogP contribution in [0, 0.1) is 13.8 Å². The van der Waals surface area contributed by atoms with Crippen molar-refractivity contribution in [2.24, 2.45) is 0 Å². The van der Waals surface area contributed by atoms with Gasteiger partial charge in [-0.3, -0.25) is 4.68 Å². The van der Waals surface area contributed by atoms with E-state index < -0.39 is 17.5 Å². The predicted molar refractivity (Wildman–Crippen MR) is 75.2 cm³/mol. The Labute approximate surface area is 118 Å². The fourth-order valence-electron chi connectivity index (χ4n) is 1.94. The van der Waals surface area contributed by atoms with Crippen molar-refractivity contribution in [1.29, 1.82) is 0 Å². The molecule has 0 saturated heterocycles. The highest BCUT2D eigenvalue weighted by molar-refractivity contribution is 5.99. The third-order valence-corrected chi connectivity index (χ3v) is 2.77. The normalized spacial score (nSPS) is 11.3. The zero-order valence-electron chi connectivity index (χ0n) is 12.9. The maximum absolute atomic E-state index is 12.2. The fraction of sp³-hybridized carbons (Fsp3) is 0.571. The molecule has 6 heteroatoms. The SMILES string of the molecule is CCOC(=O)c1c(C)c(C(=O)OC(C)(C)C)c(C)n1N. The quantitative estimate of drug-likeness (QED) is 0.676. The van der Waals surface area contributed by atoms with Crippen molar-refractivity contribution in [2.75, 3.05) is 12.4 Å². The van der Waals surface area contributed by atoms with Crippen molar-refractivity contribution >= 4 is 11.9 Å². The van der Waals surface area contributed by atoms with E-state index in [4.69, 9.17) is 15.3 Å². The Balaban J connectivity index is 3.27. The van der Waals surface area contributed by atoms with Crippen molar-refractivity contribution in [3.63, 3.8) is 0 Å². The molecule has 0 aromatic carbocycles. The average molecular weight is 282 g/mol. The highest BCUT2D eigenvalue weighted by atomic mass is 16.6. The minimum absolute atomic E-state index is 0.171. The van der Waals surface area contributed by atoms with Crippen LogP contribution in [0.1, 0.15) is 59.8 Å². The number of rotatable bonds is 3. The molecule has 0 bridgehead atoms. The van der Waals surface area contributed by atoms with Crippen molar-refractivity contribution in [1.82, 2.24) is 4.68 Å². The minimum Gasteiger partial charge on any atom is -0.461 e. The Kier molecular flexibility index (Phi) is 4.47. The Morgan fingerprint density at radius 2 is 1.75 bits per heavy atom. The summed E-state index contributed by atoms with van der Waals surface area (Å²) in [5.74, 6) is 4.80. The van der Waals surface area contributed by atoms with Crippen LogP contribution >= 0.6 is 0 Å². The first-order chi connectivity index (χ1) is 9.10. The molecule has 2 N–H and O–H groups in total. The van der Waals surface area contributed by atoms with Gasteiger partial charge in [0.2, 0.25) is 0 Å². The van der Waals surface area contributed by atoms with Gasteiger partial charge in [-0.15, -0.1) is 0 Å². The second-order valence-corrected chi connectivity index (χ2v) is 5.53. The maximum Gasteiger partial charge on any atom is 0.357 e. The standard InChI is InChI=1S/C14H22N2O4/c1-7-19-13(18)11-8(2)10(9(3)16(11)15)12(17)20-14(4,5)6/h7,15H2,1-6H3. The molecule has 0 atom stereocenters. The molecule has 20 heavy (non-hydrogen) atoms. The van der Waals surface area contributed by atoms with Crippen LogP contribution in [0.5, 0.6) is 0 Å². The van der Waals surface area contributed by atoms with Gasteiger partial charge in [-0.1, -0.05) is 0 Å². The number of esters is 2. The van der Waals surface area contributed by atoms with Crippen molar-refractivity contribution in [3.05, 3.63) is 22.5 Å². The molecule has 1 aromatic rings. The first kappa shape index (κ1) is 16.1. The van der Waals surface area contributed by atoms with E-state index in [1.54, 1.807) is 41.5 Å². The lowest BCUT2D eigenvalue weighted by atomic mass is 10.1. The summed E-state index contributed by atoms with van der Waals surface area (Å²) in [6, 6.07) is 0. The molecule has 0 unspecified atom stereocenters. The summed E-state index contributed by atoms with van der Waals surface area (Å²) in [6.45, 7) is 10.6. The maximum atomic E-state index is 12.2.